The maximum atomic E-state index is 13.8. The van der Waals surface area contributed by atoms with Gasteiger partial charge in [-0.2, -0.15) is 0 Å². The maximum absolute atomic E-state index is 13.8. The first-order valence-corrected chi connectivity index (χ1v) is 11.6. The molecule has 2 saturated carbocycles. The van der Waals surface area contributed by atoms with Crippen molar-refractivity contribution in [1.82, 2.24) is 14.8 Å². The van der Waals surface area contributed by atoms with Crippen molar-refractivity contribution in [1.29, 1.82) is 0 Å². The summed E-state index contributed by atoms with van der Waals surface area (Å²) in [7, 11) is 0. The number of aromatic nitrogens is 1. The number of hydrogen-bond acceptors (Lipinski definition) is 3. The standard InChI is InChI=1S/C24H33N3O3/c1-15-7-6-10-18(16(15)2)25-23(29)24(3)14-26-19-11-12-30-21(19)13-20(26)22(28)27(24)17-8-4-5-9-17/h11-13,15-18H,4-10,14H2,1-3H3,(H,25,29). The van der Waals surface area contributed by atoms with Crippen LogP contribution in [0.2, 0.25) is 0 Å². The van der Waals surface area contributed by atoms with Gasteiger partial charge in [0.05, 0.1) is 18.3 Å². The molecule has 0 radical (unpaired) electrons. The number of hydrogen-bond donors (Lipinski definition) is 1. The molecule has 2 amide bonds. The molecule has 1 N–H and O–H groups in total. The van der Waals surface area contributed by atoms with E-state index < -0.39 is 5.54 Å². The fraction of sp³-hybridized carbons (Fsp3) is 0.667. The van der Waals surface area contributed by atoms with E-state index >= 15 is 0 Å². The van der Waals surface area contributed by atoms with Crippen LogP contribution in [0.3, 0.4) is 0 Å². The summed E-state index contributed by atoms with van der Waals surface area (Å²) in [5.74, 6) is 1.01. The lowest BCUT2D eigenvalue weighted by atomic mass is 9.77. The second kappa shape index (κ2) is 7.17. The van der Waals surface area contributed by atoms with E-state index in [0.29, 0.717) is 29.7 Å². The van der Waals surface area contributed by atoms with Crippen molar-refractivity contribution in [3.63, 3.8) is 0 Å². The topological polar surface area (TPSA) is 67.5 Å². The number of nitrogens with zero attached hydrogens (tertiary/aromatic N) is 2. The summed E-state index contributed by atoms with van der Waals surface area (Å²) < 4.78 is 7.55. The Balaban J connectivity index is 1.52. The number of amides is 2. The lowest BCUT2D eigenvalue weighted by Crippen LogP contribution is -2.67. The largest absolute Gasteiger partial charge is 0.463 e. The third-order valence-electron chi connectivity index (χ3n) is 8.16. The molecule has 6 nitrogen and oxygen atoms in total. The van der Waals surface area contributed by atoms with Crippen LogP contribution in [0.5, 0.6) is 0 Å². The maximum Gasteiger partial charge on any atom is 0.271 e. The molecule has 162 valence electrons. The van der Waals surface area contributed by atoms with Gasteiger partial charge in [0.1, 0.15) is 11.2 Å². The van der Waals surface area contributed by atoms with Crippen LogP contribution in [0.15, 0.2) is 22.8 Å². The van der Waals surface area contributed by atoms with Crippen LogP contribution < -0.4 is 5.32 Å². The third kappa shape index (κ3) is 2.90. The molecule has 6 heteroatoms. The first-order valence-electron chi connectivity index (χ1n) is 11.6. The van der Waals surface area contributed by atoms with E-state index in [0.717, 1.165) is 44.0 Å². The van der Waals surface area contributed by atoms with E-state index in [9.17, 15) is 9.59 Å². The van der Waals surface area contributed by atoms with E-state index in [4.69, 9.17) is 4.42 Å². The van der Waals surface area contributed by atoms with E-state index in [2.05, 4.69) is 19.2 Å². The summed E-state index contributed by atoms with van der Waals surface area (Å²) in [5, 5.41) is 3.38. The zero-order valence-corrected chi connectivity index (χ0v) is 18.3. The first-order chi connectivity index (χ1) is 14.4. The predicted octanol–water partition coefficient (Wildman–Crippen LogP) is 4.33. The number of rotatable bonds is 3. The molecule has 0 saturated heterocycles. The van der Waals surface area contributed by atoms with Crippen LogP contribution in [0, 0.1) is 11.8 Å². The highest BCUT2D eigenvalue weighted by Crippen LogP contribution is 2.38. The Morgan fingerprint density at radius 1 is 1.17 bits per heavy atom. The molecular formula is C24H33N3O3. The highest BCUT2D eigenvalue weighted by molar-refractivity contribution is 6.03. The molecule has 0 spiro atoms. The van der Waals surface area contributed by atoms with Crippen LogP contribution in [-0.4, -0.2) is 38.9 Å². The second-order valence-corrected chi connectivity index (χ2v) is 10.0. The van der Waals surface area contributed by atoms with Gasteiger partial charge >= 0.3 is 0 Å². The smallest absolute Gasteiger partial charge is 0.271 e. The Morgan fingerprint density at radius 3 is 2.70 bits per heavy atom. The van der Waals surface area contributed by atoms with Crippen molar-refractivity contribution >= 4 is 22.9 Å². The number of furan rings is 1. The summed E-state index contributed by atoms with van der Waals surface area (Å²) in [6.45, 7) is 6.96. The SMILES string of the molecule is CC1CCCC(NC(=O)C2(C)Cn3c(cc4occc43)C(=O)N2C2CCCC2)C1C. The Bertz CT molecular complexity index is 970. The molecule has 3 heterocycles. The first kappa shape index (κ1) is 19.7. The molecule has 4 unspecified atom stereocenters. The van der Waals surface area contributed by atoms with Crippen molar-refractivity contribution in [2.45, 2.75) is 89.9 Å². The highest BCUT2D eigenvalue weighted by Gasteiger charge is 2.51. The fourth-order valence-electron chi connectivity index (χ4n) is 6.08. The van der Waals surface area contributed by atoms with Gasteiger partial charge in [-0.3, -0.25) is 9.59 Å². The summed E-state index contributed by atoms with van der Waals surface area (Å²) in [6, 6.07) is 4.03. The van der Waals surface area contributed by atoms with Crippen molar-refractivity contribution in [3.05, 3.63) is 24.1 Å². The highest BCUT2D eigenvalue weighted by atomic mass is 16.3. The van der Waals surface area contributed by atoms with Crippen molar-refractivity contribution in [2.75, 3.05) is 0 Å². The lowest BCUT2D eigenvalue weighted by Gasteiger charge is -2.48. The van der Waals surface area contributed by atoms with Gasteiger partial charge < -0.3 is 19.2 Å². The van der Waals surface area contributed by atoms with E-state index in [1.165, 1.54) is 6.42 Å². The quantitative estimate of drug-likeness (QED) is 0.817. The Labute approximate surface area is 178 Å². The van der Waals surface area contributed by atoms with Crippen LogP contribution >= 0.6 is 0 Å². The summed E-state index contributed by atoms with van der Waals surface area (Å²) >= 11 is 0. The zero-order valence-electron chi connectivity index (χ0n) is 18.3. The van der Waals surface area contributed by atoms with E-state index in [-0.39, 0.29) is 23.9 Å². The molecule has 3 aliphatic rings. The van der Waals surface area contributed by atoms with Gasteiger partial charge in [-0.1, -0.05) is 39.5 Å². The fourth-order valence-corrected chi connectivity index (χ4v) is 6.08. The number of carbonyl (C=O) groups excluding carboxylic acids is 2. The van der Waals surface area contributed by atoms with Gasteiger partial charge in [0.15, 0.2) is 5.58 Å². The van der Waals surface area contributed by atoms with Crippen molar-refractivity contribution in [3.8, 4) is 0 Å². The number of carbonyl (C=O) groups is 2. The van der Waals surface area contributed by atoms with E-state index in [1.807, 2.05) is 28.5 Å². The molecule has 2 fully saturated rings. The molecule has 0 aromatic carbocycles. The predicted molar refractivity (Wildman–Crippen MR) is 115 cm³/mol. The Hall–Kier alpha value is -2.24. The minimum absolute atomic E-state index is 0.00954. The van der Waals surface area contributed by atoms with Crippen molar-refractivity contribution in [2.24, 2.45) is 11.8 Å². The molecule has 4 atom stereocenters. The van der Waals surface area contributed by atoms with Gasteiger partial charge in [0.2, 0.25) is 5.91 Å². The number of fused-ring (bicyclic) bond motifs is 3. The van der Waals surface area contributed by atoms with Crippen LogP contribution in [0.25, 0.3) is 11.1 Å². The minimum Gasteiger partial charge on any atom is -0.463 e. The van der Waals surface area contributed by atoms with Gasteiger partial charge in [0.25, 0.3) is 5.91 Å². The average molecular weight is 412 g/mol. The Kier molecular flexibility index (Phi) is 4.71. The van der Waals surface area contributed by atoms with Crippen LogP contribution in [0.1, 0.15) is 76.2 Å². The summed E-state index contributed by atoms with van der Waals surface area (Å²) in [5.41, 5.74) is 1.34. The number of nitrogens with one attached hydrogen (secondary N) is 1. The lowest BCUT2D eigenvalue weighted by molar-refractivity contribution is -0.135. The molecule has 2 aromatic rings. The molecule has 2 aliphatic carbocycles. The van der Waals surface area contributed by atoms with Crippen LogP contribution in [0.4, 0.5) is 0 Å². The normalized spacial score (nSPS) is 32.6. The van der Waals surface area contributed by atoms with Crippen molar-refractivity contribution < 1.29 is 14.0 Å². The molecule has 5 rings (SSSR count). The molecular weight excluding hydrogens is 378 g/mol. The molecule has 2 aromatic heterocycles. The molecule has 0 bridgehead atoms. The molecule has 30 heavy (non-hydrogen) atoms. The average Bonchev–Trinajstić information content (AvgIpc) is 3.44. The zero-order chi connectivity index (χ0) is 21.0. The van der Waals surface area contributed by atoms with Gasteiger partial charge in [0, 0.05) is 24.2 Å². The monoisotopic (exact) mass is 411 g/mol. The Morgan fingerprint density at radius 2 is 1.93 bits per heavy atom. The van der Waals surface area contributed by atoms with Crippen LogP contribution in [-0.2, 0) is 11.3 Å². The van der Waals surface area contributed by atoms with Gasteiger partial charge in [-0.05, 0) is 38.0 Å². The minimum atomic E-state index is -0.900. The van der Waals surface area contributed by atoms with E-state index in [1.54, 1.807) is 6.26 Å². The third-order valence-corrected chi connectivity index (χ3v) is 8.16. The second-order valence-electron chi connectivity index (χ2n) is 10.0. The van der Waals surface area contributed by atoms with Gasteiger partial charge in [-0.15, -0.1) is 0 Å². The molecule has 1 aliphatic heterocycles. The summed E-state index contributed by atoms with van der Waals surface area (Å²) in [4.78, 5) is 29.4. The summed E-state index contributed by atoms with van der Waals surface area (Å²) in [6.07, 6.45) is 9.22. The van der Waals surface area contributed by atoms with Gasteiger partial charge in [-0.25, -0.2) is 0 Å².